The summed E-state index contributed by atoms with van der Waals surface area (Å²) in [5.41, 5.74) is 4.69. The first-order chi connectivity index (χ1) is 9.78. The van der Waals surface area contributed by atoms with Crippen molar-refractivity contribution in [1.29, 1.82) is 0 Å². The molecule has 104 valence electrons. The van der Waals surface area contributed by atoms with Crippen LogP contribution in [0.2, 0.25) is 0 Å². The largest absolute Gasteiger partial charge is 0.319 e. The second-order valence-corrected chi connectivity index (χ2v) is 5.47. The number of pyridine rings is 1. The second kappa shape index (κ2) is 5.67. The molecule has 3 rings (SSSR count). The molecular weight excluding hydrogens is 248 g/mol. The van der Waals surface area contributed by atoms with E-state index in [9.17, 15) is 0 Å². The van der Waals surface area contributed by atoms with Crippen molar-refractivity contribution in [2.75, 3.05) is 13.6 Å². The highest BCUT2D eigenvalue weighted by atomic mass is 14.9. The van der Waals surface area contributed by atoms with Gasteiger partial charge in [0.25, 0.3) is 0 Å². The van der Waals surface area contributed by atoms with Gasteiger partial charge in [0.05, 0.1) is 0 Å². The molecule has 4 nitrogen and oxygen atoms in total. The SMILES string of the molecule is CNCC1CCc2nc(-c3cccnc3)nc(C)c2C1. The van der Waals surface area contributed by atoms with E-state index in [2.05, 4.69) is 22.2 Å². The summed E-state index contributed by atoms with van der Waals surface area (Å²) in [4.78, 5) is 13.6. The minimum absolute atomic E-state index is 0.707. The Kier molecular flexibility index (Phi) is 3.74. The maximum atomic E-state index is 4.77. The molecule has 1 aliphatic carbocycles. The average Bonchev–Trinajstić information content (AvgIpc) is 2.49. The number of nitrogens with zero attached hydrogens (tertiary/aromatic N) is 3. The van der Waals surface area contributed by atoms with Crippen LogP contribution in [0.25, 0.3) is 11.4 Å². The minimum Gasteiger partial charge on any atom is -0.319 e. The first-order valence-electron chi connectivity index (χ1n) is 7.19. The molecule has 2 aromatic heterocycles. The third-order valence-electron chi connectivity index (χ3n) is 3.99. The van der Waals surface area contributed by atoms with Gasteiger partial charge in [0, 0.05) is 29.3 Å². The Morgan fingerprint density at radius 3 is 3.00 bits per heavy atom. The van der Waals surface area contributed by atoms with Crippen molar-refractivity contribution in [2.45, 2.75) is 26.2 Å². The first-order valence-corrected chi connectivity index (χ1v) is 7.19. The molecule has 1 aliphatic rings. The zero-order valence-corrected chi connectivity index (χ0v) is 12.1. The number of aromatic nitrogens is 3. The molecule has 1 atom stereocenters. The zero-order valence-electron chi connectivity index (χ0n) is 12.1. The molecule has 0 bridgehead atoms. The highest BCUT2D eigenvalue weighted by molar-refractivity contribution is 5.54. The number of aryl methyl sites for hydroxylation is 2. The maximum Gasteiger partial charge on any atom is 0.161 e. The van der Waals surface area contributed by atoms with Crippen LogP contribution in [0, 0.1) is 12.8 Å². The topological polar surface area (TPSA) is 50.7 Å². The monoisotopic (exact) mass is 268 g/mol. The molecule has 20 heavy (non-hydrogen) atoms. The van der Waals surface area contributed by atoms with Crippen LogP contribution in [0.3, 0.4) is 0 Å². The molecule has 2 heterocycles. The van der Waals surface area contributed by atoms with E-state index in [1.807, 2.05) is 25.4 Å². The van der Waals surface area contributed by atoms with Gasteiger partial charge in [-0.05, 0) is 63.4 Å². The Bertz CT molecular complexity index is 595. The zero-order chi connectivity index (χ0) is 13.9. The molecule has 0 fully saturated rings. The standard InChI is InChI=1S/C16H20N4/c1-11-14-8-12(9-17-2)5-6-15(14)20-16(19-11)13-4-3-7-18-10-13/h3-4,7,10,12,17H,5-6,8-9H2,1-2H3. The normalized spacial score (nSPS) is 17.8. The van der Waals surface area contributed by atoms with Crippen LogP contribution in [-0.4, -0.2) is 28.5 Å². The number of hydrogen-bond donors (Lipinski definition) is 1. The molecule has 1 N–H and O–H groups in total. The lowest BCUT2D eigenvalue weighted by Crippen LogP contribution is -2.26. The molecule has 0 spiro atoms. The Morgan fingerprint density at radius 2 is 2.25 bits per heavy atom. The smallest absolute Gasteiger partial charge is 0.161 e. The lowest BCUT2D eigenvalue weighted by molar-refractivity contribution is 0.433. The number of fused-ring (bicyclic) bond motifs is 1. The fraction of sp³-hybridized carbons (Fsp3) is 0.438. The molecule has 0 aromatic carbocycles. The fourth-order valence-electron chi connectivity index (χ4n) is 2.95. The summed E-state index contributed by atoms with van der Waals surface area (Å²) < 4.78 is 0. The van der Waals surface area contributed by atoms with Gasteiger partial charge in [-0.2, -0.15) is 0 Å². The van der Waals surface area contributed by atoms with Crippen molar-refractivity contribution < 1.29 is 0 Å². The molecule has 4 heteroatoms. The molecular formula is C16H20N4. The van der Waals surface area contributed by atoms with E-state index in [4.69, 9.17) is 4.98 Å². The van der Waals surface area contributed by atoms with E-state index in [1.54, 1.807) is 6.20 Å². The molecule has 0 saturated heterocycles. The summed E-state index contributed by atoms with van der Waals surface area (Å²) in [5, 5.41) is 3.28. The van der Waals surface area contributed by atoms with Gasteiger partial charge in [0.1, 0.15) is 0 Å². The molecule has 0 radical (unpaired) electrons. The third kappa shape index (κ3) is 2.56. The Balaban J connectivity index is 1.94. The average molecular weight is 268 g/mol. The summed E-state index contributed by atoms with van der Waals surface area (Å²) >= 11 is 0. The van der Waals surface area contributed by atoms with E-state index in [0.29, 0.717) is 5.92 Å². The van der Waals surface area contributed by atoms with Crippen LogP contribution in [0.1, 0.15) is 23.4 Å². The van der Waals surface area contributed by atoms with Crippen molar-refractivity contribution in [3.8, 4) is 11.4 Å². The van der Waals surface area contributed by atoms with Gasteiger partial charge in [0.15, 0.2) is 5.82 Å². The predicted octanol–water partition coefficient (Wildman–Crippen LogP) is 2.17. The van der Waals surface area contributed by atoms with Crippen LogP contribution in [0.15, 0.2) is 24.5 Å². The fourth-order valence-corrected chi connectivity index (χ4v) is 2.95. The van der Waals surface area contributed by atoms with Gasteiger partial charge in [0.2, 0.25) is 0 Å². The predicted molar refractivity (Wildman–Crippen MR) is 79.4 cm³/mol. The highest BCUT2D eigenvalue weighted by Gasteiger charge is 2.22. The van der Waals surface area contributed by atoms with Gasteiger partial charge in [-0.15, -0.1) is 0 Å². The minimum atomic E-state index is 0.707. The van der Waals surface area contributed by atoms with Crippen LogP contribution < -0.4 is 5.32 Å². The van der Waals surface area contributed by atoms with Crippen LogP contribution in [0.5, 0.6) is 0 Å². The first kappa shape index (κ1) is 13.2. The Hall–Kier alpha value is -1.81. The van der Waals surface area contributed by atoms with Gasteiger partial charge < -0.3 is 5.32 Å². The van der Waals surface area contributed by atoms with Gasteiger partial charge >= 0.3 is 0 Å². The quantitative estimate of drug-likeness (QED) is 0.927. The highest BCUT2D eigenvalue weighted by Crippen LogP contribution is 2.27. The second-order valence-electron chi connectivity index (χ2n) is 5.47. The maximum absolute atomic E-state index is 4.77. The van der Waals surface area contributed by atoms with Crippen LogP contribution in [-0.2, 0) is 12.8 Å². The number of rotatable bonds is 3. The van der Waals surface area contributed by atoms with E-state index in [1.165, 1.54) is 17.7 Å². The molecule has 1 unspecified atom stereocenters. The molecule has 0 aliphatic heterocycles. The lowest BCUT2D eigenvalue weighted by Gasteiger charge is -2.25. The molecule has 0 amide bonds. The van der Waals surface area contributed by atoms with Crippen molar-refractivity contribution >= 4 is 0 Å². The van der Waals surface area contributed by atoms with Gasteiger partial charge in [-0.3, -0.25) is 4.98 Å². The van der Waals surface area contributed by atoms with E-state index in [0.717, 1.165) is 36.5 Å². The van der Waals surface area contributed by atoms with Crippen molar-refractivity contribution in [2.24, 2.45) is 5.92 Å². The number of nitrogens with one attached hydrogen (secondary N) is 1. The molecule has 2 aromatic rings. The number of hydrogen-bond acceptors (Lipinski definition) is 4. The van der Waals surface area contributed by atoms with E-state index >= 15 is 0 Å². The summed E-state index contributed by atoms with van der Waals surface area (Å²) in [6.45, 7) is 3.17. The third-order valence-corrected chi connectivity index (χ3v) is 3.99. The van der Waals surface area contributed by atoms with Crippen LogP contribution >= 0.6 is 0 Å². The van der Waals surface area contributed by atoms with E-state index in [-0.39, 0.29) is 0 Å². The Labute approximate surface area is 119 Å². The van der Waals surface area contributed by atoms with Crippen LogP contribution in [0.4, 0.5) is 0 Å². The van der Waals surface area contributed by atoms with Crippen molar-refractivity contribution in [3.05, 3.63) is 41.5 Å². The Morgan fingerprint density at radius 1 is 1.35 bits per heavy atom. The summed E-state index contributed by atoms with van der Waals surface area (Å²) in [6.07, 6.45) is 6.95. The molecule has 0 saturated carbocycles. The summed E-state index contributed by atoms with van der Waals surface area (Å²) in [7, 11) is 2.02. The van der Waals surface area contributed by atoms with E-state index < -0.39 is 0 Å². The lowest BCUT2D eigenvalue weighted by atomic mass is 9.85. The summed E-state index contributed by atoms with van der Waals surface area (Å²) in [5.74, 6) is 1.51. The van der Waals surface area contributed by atoms with Crippen molar-refractivity contribution in [1.82, 2.24) is 20.3 Å². The van der Waals surface area contributed by atoms with Gasteiger partial charge in [-0.25, -0.2) is 9.97 Å². The van der Waals surface area contributed by atoms with Gasteiger partial charge in [-0.1, -0.05) is 0 Å². The summed E-state index contributed by atoms with van der Waals surface area (Å²) in [6, 6.07) is 3.94. The van der Waals surface area contributed by atoms with Crippen molar-refractivity contribution in [3.63, 3.8) is 0 Å².